The summed E-state index contributed by atoms with van der Waals surface area (Å²) in [6.07, 6.45) is 0.418. The Balaban J connectivity index is 2.10. The van der Waals surface area contributed by atoms with Crippen LogP contribution in [0, 0.1) is 24.0 Å². The maximum Gasteiger partial charge on any atom is 0.332 e. The van der Waals surface area contributed by atoms with Gasteiger partial charge in [0.15, 0.2) is 5.82 Å². The fourth-order valence-electron chi connectivity index (χ4n) is 1.66. The Hall–Kier alpha value is -2.78. The molecule has 0 unspecified atom stereocenters. The maximum atomic E-state index is 11.0. The third-order valence-electron chi connectivity index (χ3n) is 2.46. The van der Waals surface area contributed by atoms with E-state index in [-0.39, 0.29) is 23.1 Å². The summed E-state index contributed by atoms with van der Waals surface area (Å²) < 4.78 is 4.93. The molecule has 10 heteroatoms. The van der Waals surface area contributed by atoms with Gasteiger partial charge in [-0.2, -0.15) is 9.97 Å². The van der Waals surface area contributed by atoms with Crippen molar-refractivity contribution in [2.75, 3.05) is 17.6 Å². The summed E-state index contributed by atoms with van der Waals surface area (Å²) in [6.45, 7) is 3.56. The molecule has 0 aromatic carbocycles. The molecule has 0 radical (unpaired) electrons. The van der Waals surface area contributed by atoms with Crippen LogP contribution in [-0.2, 0) is 6.42 Å². The Morgan fingerprint density at radius 3 is 2.70 bits per heavy atom. The lowest BCUT2D eigenvalue weighted by Gasteiger charge is -2.06. The number of nitro groups is 1. The molecule has 0 aliphatic heterocycles. The topological polar surface area (TPSA) is 146 Å². The number of nitrogens with zero attached hydrogens (tertiary/aromatic N) is 5. The summed E-state index contributed by atoms with van der Waals surface area (Å²) in [5, 5.41) is 17.5. The monoisotopic (exact) mass is 279 g/mol. The number of nitrogen functional groups attached to an aromatic ring is 1. The minimum absolute atomic E-state index is 0.0239. The molecule has 10 nitrogen and oxygen atoms in total. The van der Waals surface area contributed by atoms with Gasteiger partial charge in [-0.25, -0.2) is 4.98 Å². The predicted octanol–water partition coefficient (Wildman–Crippen LogP) is 0.621. The SMILES string of the molecule is Cc1noc(CCNc2nc(N)nc(C)c2[N+](=O)[O-])n1. The third kappa shape index (κ3) is 2.96. The van der Waals surface area contributed by atoms with Gasteiger partial charge in [-0.05, 0) is 13.8 Å². The second-order valence-corrected chi connectivity index (χ2v) is 4.03. The zero-order valence-electron chi connectivity index (χ0n) is 11.0. The molecule has 0 aliphatic carbocycles. The third-order valence-corrected chi connectivity index (χ3v) is 2.46. The molecule has 0 amide bonds. The minimum Gasteiger partial charge on any atom is -0.368 e. The van der Waals surface area contributed by atoms with Crippen molar-refractivity contribution in [2.24, 2.45) is 0 Å². The highest BCUT2D eigenvalue weighted by molar-refractivity contribution is 5.60. The van der Waals surface area contributed by atoms with E-state index in [1.807, 2.05) is 0 Å². The first-order valence-electron chi connectivity index (χ1n) is 5.79. The van der Waals surface area contributed by atoms with E-state index in [1.165, 1.54) is 6.92 Å². The molecule has 0 fully saturated rings. The molecule has 0 saturated heterocycles. The number of nitrogens with two attached hydrogens (primary N) is 1. The summed E-state index contributed by atoms with van der Waals surface area (Å²) in [5.41, 5.74) is 5.50. The highest BCUT2D eigenvalue weighted by atomic mass is 16.6. The van der Waals surface area contributed by atoms with Gasteiger partial charge in [-0.15, -0.1) is 0 Å². The Labute approximate surface area is 113 Å². The van der Waals surface area contributed by atoms with Gasteiger partial charge in [0.1, 0.15) is 5.69 Å². The Bertz CT molecular complexity index is 640. The predicted molar refractivity (Wildman–Crippen MR) is 69.1 cm³/mol. The zero-order chi connectivity index (χ0) is 14.7. The van der Waals surface area contributed by atoms with Gasteiger partial charge in [0, 0.05) is 13.0 Å². The average Bonchev–Trinajstić information content (AvgIpc) is 2.73. The fourth-order valence-corrected chi connectivity index (χ4v) is 1.66. The molecule has 0 bridgehead atoms. The van der Waals surface area contributed by atoms with Crippen LogP contribution in [0.4, 0.5) is 17.5 Å². The number of anilines is 2. The molecule has 20 heavy (non-hydrogen) atoms. The molecule has 3 N–H and O–H groups in total. The molecule has 0 spiro atoms. The van der Waals surface area contributed by atoms with Gasteiger partial charge >= 0.3 is 5.69 Å². The molecule has 2 aromatic rings. The van der Waals surface area contributed by atoms with Crippen LogP contribution in [-0.4, -0.2) is 31.6 Å². The molecule has 0 atom stereocenters. The van der Waals surface area contributed by atoms with Crippen molar-refractivity contribution in [1.82, 2.24) is 20.1 Å². The van der Waals surface area contributed by atoms with E-state index in [0.29, 0.717) is 24.7 Å². The highest BCUT2D eigenvalue weighted by Crippen LogP contribution is 2.25. The first-order chi connectivity index (χ1) is 9.47. The zero-order valence-corrected chi connectivity index (χ0v) is 11.0. The van der Waals surface area contributed by atoms with Gasteiger partial charge in [0.25, 0.3) is 0 Å². The summed E-state index contributed by atoms with van der Waals surface area (Å²) in [4.78, 5) is 22.1. The van der Waals surface area contributed by atoms with Crippen molar-refractivity contribution in [3.05, 3.63) is 27.5 Å². The van der Waals surface area contributed by atoms with E-state index in [0.717, 1.165) is 0 Å². The van der Waals surface area contributed by atoms with E-state index in [2.05, 4.69) is 25.4 Å². The lowest BCUT2D eigenvalue weighted by Crippen LogP contribution is -2.12. The molecule has 2 heterocycles. The van der Waals surface area contributed by atoms with Crippen LogP contribution in [0.5, 0.6) is 0 Å². The number of rotatable bonds is 5. The lowest BCUT2D eigenvalue weighted by molar-refractivity contribution is -0.385. The molecule has 106 valence electrons. The van der Waals surface area contributed by atoms with Crippen LogP contribution >= 0.6 is 0 Å². The van der Waals surface area contributed by atoms with Gasteiger partial charge in [-0.3, -0.25) is 10.1 Å². The Kier molecular flexibility index (Phi) is 3.73. The van der Waals surface area contributed by atoms with Gasteiger partial charge in [0.05, 0.1) is 4.92 Å². The smallest absolute Gasteiger partial charge is 0.332 e. The van der Waals surface area contributed by atoms with Crippen molar-refractivity contribution in [2.45, 2.75) is 20.3 Å². The van der Waals surface area contributed by atoms with Crippen LogP contribution < -0.4 is 11.1 Å². The quantitative estimate of drug-likeness (QED) is 0.593. The largest absolute Gasteiger partial charge is 0.368 e. The average molecular weight is 279 g/mol. The normalized spacial score (nSPS) is 10.5. The van der Waals surface area contributed by atoms with Crippen molar-refractivity contribution < 1.29 is 9.45 Å². The molecular weight excluding hydrogens is 266 g/mol. The molecule has 2 aromatic heterocycles. The summed E-state index contributed by atoms with van der Waals surface area (Å²) in [7, 11) is 0. The van der Waals surface area contributed by atoms with Gasteiger partial charge in [-0.1, -0.05) is 5.16 Å². The summed E-state index contributed by atoms with van der Waals surface area (Å²) in [6, 6.07) is 0. The standard InChI is InChI=1S/C10H13N7O3/c1-5-8(17(18)19)9(15-10(11)13-5)12-4-3-7-14-6(2)16-20-7/h3-4H2,1-2H3,(H3,11,12,13,15). The second kappa shape index (κ2) is 5.47. The molecular formula is C10H13N7O3. The van der Waals surface area contributed by atoms with Crippen molar-refractivity contribution >= 4 is 17.5 Å². The van der Waals surface area contributed by atoms with E-state index in [4.69, 9.17) is 10.3 Å². The van der Waals surface area contributed by atoms with Crippen LogP contribution in [0.3, 0.4) is 0 Å². The van der Waals surface area contributed by atoms with Crippen LogP contribution in [0.1, 0.15) is 17.4 Å². The Morgan fingerprint density at radius 2 is 2.10 bits per heavy atom. The van der Waals surface area contributed by atoms with Crippen LogP contribution in [0.25, 0.3) is 0 Å². The number of aryl methyl sites for hydroxylation is 2. The number of hydrogen-bond donors (Lipinski definition) is 2. The summed E-state index contributed by atoms with van der Waals surface area (Å²) in [5.74, 6) is 1.03. The van der Waals surface area contributed by atoms with E-state index >= 15 is 0 Å². The first-order valence-corrected chi connectivity index (χ1v) is 5.79. The fraction of sp³-hybridized carbons (Fsp3) is 0.400. The maximum absolute atomic E-state index is 11.0. The molecule has 0 saturated carbocycles. The van der Waals surface area contributed by atoms with Crippen LogP contribution in [0.15, 0.2) is 4.52 Å². The Morgan fingerprint density at radius 1 is 1.35 bits per heavy atom. The number of hydrogen-bond acceptors (Lipinski definition) is 9. The number of nitrogens with one attached hydrogen (secondary N) is 1. The first kappa shape index (κ1) is 13.6. The highest BCUT2D eigenvalue weighted by Gasteiger charge is 2.21. The number of aromatic nitrogens is 4. The molecule has 0 aliphatic rings. The van der Waals surface area contributed by atoms with Gasteiger partial charge in [0.2, 0.25) is 17.7 Å². The van der Waals surface area contributed by atoms with Crippen molar-refractivity contribution in [1.29, 1.82) is 0 Å². The minimum atomic E-state index is -0.548. The lowest BCUT2D eigenvalue weighted by atomic mass is 10.3. The molecule has 2 rings (SSSR count). The second-order valence-electron chi connectivity index (χ2n) is 4.03. The van der Waals surface area contributed by atoms with E-state index in [1.54, 1.807) is 6.92 Å². The van der Waals surface area contributed by atoms with E-state index in [9.17, 15) is 10.1 Å². The summed E-state index contributed by atoms with van der Waals surface area (Å²) >= 11 is 0. The van der Waals surface area contributed by atoms with Gasteiger partial charge < -0.3 is 15.6 Å². The van der Waals surface area contributed by atoms with Crippen molar-refractivity contribution in [3.63, 3.8) is 0 Å². The van der Waals surface area contributed by atoms with Crippen LogP contribution in [0.2, 0.25) is 0 Å². The van der Waals surface area contributed by atoms with Crippen molar-refractivity contribution in [3.8, 4) is 0 Å². The van der Waals surface area contributed by atoms with E-state index < -0.39 is 4.92 Å².